The maximum Gasteiger partial charge on any atom is 0.274 e. The number of nitrogens with one attached hydrogen (secondary N) is 2. The van der Waals surface area contributed by atoms with Crippen LogP contribution < -0.4 is 10.2 Å². The molecule has 0 saturated heterocycles. The van der Waals surface area contributed by atoms with E-state index in [0.717, 1.165) is 22.2 Å². The first-order valence-corrected chi connectivity index (χ1v) is 6.99. The van der Waals surface area contributed by atoms with Gasteiger partial charge in [0.2, 0.25) is 0 Å². The van der Waals surface area contributed by atoms with Crippen molar-refractivity contribution in [3.8, 4) is 5.75 Å². The van der Waals surface area contributed by atoms with Crippen LogP contribution in [0.15, 0.2) is 42.5 Å². The van der Waals surface area contributed by atoms with Gasteiger partial charge in [0.25, 0.3) is 5.91 Å². The Morgan fingerprint density at radius 1 is 1.26 bits per heavy atom. The predicted octanol–water partition coefficient (Wildman–Crippen LogP) is 3.03. The summed E-state index contributed by atoms with van der Waals surface area (Å²) in [7, 11) is 1.43. The van der Waals surface area contributed by atoms with Gasteiger partial charge in [0.15, 0.2) is 11.6 Å². The van der Waals surface area contributed by atoms with E-state index in [2.05, 4.69) is 4.98 Å². The summed E-state index contributed by atoms with van der Waals surface area (Å²) in [5.41, 5.74) is 4.43. The van der Waals surface area contributed by atoms with E-state index < -0.39 is 11.7 Å². The first-order chi connectivity index (χ1) is 11.1. The molecule has 1 amide bonds. The highest BCUT2D eigenvalue weighted by Gasteiger charge is 2.09. The van der Waals surface area contributed by atoms with Gasteiger partial charge in [0, 0.05) is 23.2 Å². The van der Waals surface area contributed by atoms with Crippen LogP contribution in [0, 0.1) is 5.82 Å². The van der Waals surface area contributed by atoms with Crippen molar-refractivity contribution in [3.63, 3.8) is 0 Å². The fraction of sp³-hybridized carbons (Fsp3) is 0.118. The summed E-state index contributed by atoms with van der Waals surface area (Å²) in [6.45, 7) is 0. The van der Waals surface area contributed by atoms with Crippen molar-refractivity contribution >= 4 is 16.8 Å². The number of benzene rings is 2. The number of fused-ring (bicyclic) bond motifs is 1. The number of aromatic amines is 1. The van der Waals surface area contributed by atoms with Crippen LogP contribution in [0.1, 0.15) is 21.6 Å². The van der Waals surface area contributed by atoms with Gasteiger partial charge in [-0.2, -0.15) is 0 Å². The standard InChI is InChI=1S/C17H15FN2O3/c1-23-16-5-2-10(7-14(16)18)6-13-8-11-3-4-12(17(21)20-22)9-15(11)19-13/h2-5,7-9,19,22H,6H2,1H3,(H,20,21). The number of methoxy groups -OCH3 is 1. The van der Waals surface area contributed by atoms with Crippen molar-refractivity contribution in [1.29, 1.82) is 0 Å². The number of hydroxylamine groups is 1. The van der Waals surface area contributed by atoms with Gasteiger partial charge in [-0.25, -0.2) is 9.87 Å². The Kier molecular flexibility index (Phi) is 3.99. The molecule has 5 nitrogen and oxygen atoms in total. The molecule has 0 unspecified atom stereocenters. The van der Waals surface area contributed by atoms with Gasteiger partial charge in [-0.1, -0.05) is 12.1 Å². The van der Waals surface area contributed by atoms with Crippen LogP contribution in [0.3, 0.4) is 0 Å². The lowest BCUT2D eigenvalue weighted by atomic mass is 10.1. The second kappa shape index (κ2) is 6.10. The molecule has 0 aliphatic rings. The molecular weight excluding hydrogens is 299 g/mol. The van der Waals surface area contributed by atoms with Crippen molar-refractivity contribution in [3.05, 3.63) is 65.1 Å². The van der Waals surface area contributed by atoms with Gasteiger partial charge in [0.1, 0.15) is 0 Å². The van der Waals surface area contributed by atoms with Crippen LogP contribution in [-0.4, -0.2) is 23.2 Å². The maximum absolute atomic E-state index is 13.7. The van der Waals surface area contributed by atoms with Gasteiger partial charge in [0.05, 0.1) is 7.11 Å². The van der Waals surface area contributed by atoms with Gasteiger partial charge >= 0.3 is 0 Å². The van der Waals surface area contributed by atoms with Crippen molar-refractivity contribution in [2.75, 3.05) is 7.11 Å². The molecule has 1 aromatic heterocycles. The molecule has 3 N–H and O–H groups in total. The zero-order valence-corrected chi connectivity index (χ0v) is 12.4. The molecule has 0 radical (unpaired) electrons. The fourth-order valence-electron chi connectivity index (χ4n) is 2.53. The van der Waals surface area contributed by atoms with E-state index in [-0.39, 0.29) is 5.75 Å². The molecule has 23 heavy (non-hydrogen) atoms. The third-order valence-electron chi connectivity index (χ3n) is 3.65. The lowest BCUT2D eigenvalue weighted by Gasteiger charge is -2.04. The Balaban J connectivity index is 1.88. The summed E-state index contributed by atoms with van der Waals surface area (Å²) in [4.78, 5) is 14.6. The van der Waals surface area contributed by atoms with E-state index >= 15 is 0 Å². The predicted molar refractivity (Wildman–Crippen MR) is 83.3 cm³/mol. The molecule has 0 spiro atoms. The molecule has 0 atom stereocenters. The quantitative estimate of drug-likeness (QED) is 0.512. The Morgan fingerprint density at radius 3 is 2.78 bits per heavy atom. The Hall–Kier alpha value is -2.86. The van der Waals surface area contributed by atoms with Gasteiger partial charge in [-0.05, 0) is 41.3 Å². The van der Waals surface area contributed by atoms with Crippen molar-refractivity contribution in [2.24, 2.45) is 0 Å². The molecular formula is C17H15FN2O3. The number of H-pyrrole nitrogens is 1. The second-order valence-corrected chi connectivity index (χ2v) is 5.18. The van der Waals surface area contributed by atoms with E-state index in [1.54, 1.807) is 35.8 Å². The molecule has 2 aromatic carbocycles. The van der Waals surface area contributed by atoms with E-state index in [0.29, 0.717) is 12.0 Å². The average molecular weight is 314 g/mol. The summed E-state index contributed by atoms with van der Waals surface area (Å²) in [5, 5.41) is 9.61. The van der Waals surface area contributed by atoms with E-state index in [9.17, 15) is 9.18 Å². The van der Waals surface area contributed by atoms with Crippen molar-refractivity contribution < 1.29 is 19.1 Å². The van der Waals surface area contributed by atoms with Gasteiger partial charge in [-0.15, -0.1) is 0 Å². The molecule has 0 fully saturated rings. The number of aromatic nitrogens is 1. The minimum absolute atomic E-state index is 0.213. The highest BCUT2D eigenvalue weighted by atomic mass is 19.1. The van der Waals surface area contributed by atoms with E-state index in [1.807, 2.05) is 6.07 Å². The number of rotatable bonds is 4. The number of hydrogen-bond acceptors (Lipinski definition) is 3. The molecule has 0 aliphatic carbocycles. The fourth-order valence-corrected chi connectivity index (χ4v) is 2.53. The number of halogens is 1. The monoisotopic (exact) mass is 314 g/mol. The van der Waals surface area contributed by atoms with Crippen LogP contribution in [0.4, 0.5) is 4.39 Å². The Morgan fingerprint density at radius 2 is 2.09 bits per heavy atom. The van der Waals surface area contributed by atoms with Crippen molar-refractivity contribution in [1.82, 2.24) is 10.5 Å². The van der Waals surface area contributed by atoms with Gasteiger partial charge in [-0.3, -0.25) is 10.0 Å². The van der Waals surface area contributed by atoms with Crippen LogP contribution in [0.25, 0.3) is 10.9 Å². The molecule has 6 heteroatoms. The Bertz CT molecular complexity index is 873. The maximum atomic E-state index is 13.7. The largest absolute Gasteiger partial charge is 0.494 e. The minimum atomic E-state index is -0.569. The number of ether oxygens (including phenoxy) is 1. The first-order valence-electron chi connectivity index (χ1n) is 6.99. The molecule has 3 rings (SSSR count). The lowest BCUT2D eigenvalue weighted by Crippen LogP contribution is -2.18. The van der Waals surface area contributed by atoms with Crippen LogP contribution in [0.2, 0.25) is 0 Å². The molecule has 0 bridgehead atoms. The second-order valence-electron chi connectivity index (χ2n) is 5.18. The topological polar surface area (TPSA) is 74.3 Å². The molecule has 118 valence electrons. The van der Waals surface area contributed by atoms with Crippen LogP contribution >= 0.6 is 0 Å². The van der Waals surface area contributed by atoms with Crippen molar-refractivity contribution in [2.45, 2.75) is 6.42 Å². The number of carbonyl (C=O) groups excluding carboxylic acids is 1. The minimum Gasteiger partial charge on any atom is -0.494 e. The summed E-state index contributed by atoms with van der Waals surface area (Å²) in [5.74, 6) is -0.756. The summed E-state index contributed by atoms with van der Waals surface area (Å²) < 4.78 is 18.6. The lowest BCUT2D eigenvalue weighted by molar-refractivity contribution is 0.0706. The number of carbonyl (C=O) groups is 1. The third-order valence-corrected chi connectivity index (χ3v) is 3.65. The first kappa shape index (κ1) is 15.1. The van der Waals surface area contributed by atoms with Crippen LogP contribution in [0.5, 0.6) is 5.75 Å². The molecule has 0 saturated carbocycles. The number of amides is 1. The van der Waals surface area contributed by atoms with Gasteiger partial charge < -0.3 is 9.72 Å². The SMILES string of the molecule is COc1ccc(Cc2cc3ccc(C(=O)NO)cc3[nH]2)cc1F. The highest BCUT2D eigenvalue weighted by Crippen LogP contribution is 2.22. The zero-order valence-electron chi connectivity index (χ0n) is 12.4. The summed E-state index contributed by atoms with van der Waals surface area (Å²) in [6, 6.07) is 11.8. The smallest absolute Gasteiger partial charge is 0.274 e. The third kappa shape index (κ3) is 3.02. The summed E-state index contributed by atoms with van der Waals surface area (Å²) >= 11 is 0. The molecule has 0 aliphatic heterocycles. The van der Waals surface area contributed by atoms with E-state index in [1.165, 1.54) is 13.2 Å². The highest BCUT2D eigenvalue weighted by molar-refractivity contribution is 5.97. The zero-order chi connectivity index (χ0) is 16.4. The molecule has 3 aromatic rings. The van der Waals surface area contributed by atoms with E-state index in [4.69, 9.17) is 9.94 Å². The summed E-state index contributed by atoms with van der Waals surface area (Å²) in [6.07, 6.45) is 0.525. The molecule has 1 heterocycles. The van der Waals surface area contributed by atoms with Crippen LogP contribution in [-0.2, 0) is 6.42 Å². The normalized spacial score (nSPS) is 10.7. The Labute approximate surface area is 131 Å². The number of hydrogen-bond donors (Lipinski definition) is 3. The average Bonchev–Trinajstić information content (AvgIpc) is 2.95.